The summed E-state index contributed by atoms with van der Waals surface area (Å²) >= 11 is 0. The smallest absolute Gasteiger partial charge is 0.462 e. The number of hydrogen-bond donors (Lipinski definition) is 2. The van der Waals surface area contributed by atoms with E-state index in [1.807, 2.05) is 6.08 Å². The Morgan fingerprint density at radius 3 is 1.27 bits per heavy atom. The van der Waals surface area contributed by atoms with E-state index in [0.717, 1.165) is 32.1 Å². The summed E-state index contributed by atoms with van der Waals surface area (Å²) in [5.74, 6) is -0.870. The molecule has 0 aliphatic heterocycles. The molecule has 0 bridgehead atoms. The molecule has 0 saturated heterocycles. The Balaban J connectivity index is 4.00. The third-order valence-electron chi connectivity index (χ3n) is 11.2. The molecule has 0 amide bonds. The van der Waals surface area contributed by atoms with Gasteiger partial charge in [-0.3, -0.25) is 18.6 Å². The maximum Gasteiger partial charge on any atom is 0.472 e. The highest BCUT2D eigenvalue weighted by molar-refractivity contribution is 7.47. The third-order valence-corrected chi connectivity index (χ3v) is 12.1. The van der Waals surface area contributed by atoms with Gasteiger partial charge in [-0.25, -0.2) is 4.57 Å². The van der Waals surface area contributed by atoms with Crippen LogP contribution < -0.4 is 5.73 Å². The minimum atomic E-state index is -4.38. The van der Waals surface area contributed by atoms with Gasteiger partial charge in [0, 0.05) is 19.4 Å². The molecule has 10 heteroatoms. The number of nitrogens with two attached hydrogens (primary N) is 1. The molecule has 3 N–H and O–H groups in total. The first-order valence-electron chi connectivity index (χ1n) is 25.2. The first kappa shape index (κ1) is 57.8. The number of phosphoric ester groups is 1. The van der Waals surface area contributed by atoms with E-state index >= 15 is 0 Å². The number of rotatable bonds is 48. The molecule has 0 radical (unpaired) electrons. The zero-order valence-corrected chi connectivity index (χ0v) is 39.7. The zero-order valence-electron chi connectivity index (χ0n) is 38.8. The van der Waals surface area contributed by atoms with Crippen molar-refractivity contribution in [3.63, 3.8) is 0 Å². The third kappa shape index (κ3) is 46.1. The van der Waals surface area contributed by atoms with Crippen LogP contribution in [-0.2, 0) is 32.7 Å². The fourth-order valence-corrected chi connectivity index (χ4v) is 8.19. The van der Waals surface area contributed by atoms with Gasteiger partial charge in [-0.1, -0.05) is 231 Å². The van der Waals surface area contributed by atoms with Crippen molar-refractivity contribution in [3.05, 3.63) is 12.2 Å². The van der Waals surface area contributed by atoms with E-state index in [-0.39, 0.29) is 38.6 Å². The van der Waals surface area contributed by atoms with E-state index in [1.54, 1.807) is 0 Å². The van der Waals surface area contributed by atoms with Crippen molar-refractivity contribution in [2.24, 2.45) is 5.73 Å². The summed E-state index contributed by atoms with van der Waals surface area (Å²) in [5, 5.41) is 0. The molecule has 350 valence electrons. The quantitative estimate of drug-likeness (QED) is 0.0265. The van der Waals surface area contributed by atoms with Crippen LogP contribution in [0.5, 0.6) is 0 Å². The lowest BCUT2D eigenvalue weighted by Gasteiger charge is -2.19. The predicted molar refractivity (Wildman–Crippen MR) is 248 cm³/mol. The number of esters is 2. The van der Waals surface area contributed by atoms with E-state index in [0.29, 0.717) is 6.42 Å². The lowest BCUT2D eigenvalue weighted by Crippen LogP contribution is -2.29. The molecule has 0 aliphatic rings. The SMILES string of the molecule is CCCCCCCCCCCCC/C=C/CCC(=O)O[C@@H](COC(=O)CCCCCCCCCCCCCCCCCCCCCCCCC)COP(=O)(O)OCCN. The maximum absolute atomic E-state index is 12.6. The summed E-state index contributed by atoms with van der Waals surface area (Å²) in [6.07, 6.45) is 49.8. The lowest BCUT2D eigenvalue weighted by atomic mass is 10.0. The number of ether oxygens (including phenoxy) is 2. The Hall–Kier alpha value is -1.25. The molecule has 1 unspecified atom stereocenters. The van der Waals surface area contributed by atoms with Gasteiger partial charge in [-0.15, -0.1) is 0 Å². The van der Waals surface area contributed by atoms with E-state index in [1.165, 1.54) is 193 Å². The number of allylic oxidation sites excluding steroid dienone is 2. The predicted octanol–water partition coefficient (Wildman–Crippen LogP) is 15.0. The van der Waals surface area contributed by atoms with Crippen LogP contribution in [0.4, 0.5) is 0 Å². The summed E-state index contributed by atoms with van der Waals surface area (Å²) in [6.45, 7) is 3.74. The van der Waals surface area contributed by atoms with E-state index in [9.17, 15) is 19.0 Å². The van der Waals surface area contributed by atoms with Crippen molar-refractivity contribution in [2.75, 3.05) is 26.4 Å². The second-order valence-corrected chi connectivity index (χ2v) is 18.5. The Bertz CT molecular complexity index is 980. The highest BCUT2D eigenvalue weighted by Gasteiger charge is 2.26. The molecule has 0 aliphatic carbocycles. The fourth-order valence-electron chi connectivity index (χ4n) is 7.42. The summed E-state index contributed by atoms with van der Waals surface area (Å²) in [4.78, 5) is 34.9. The van der Waals surface area contributed by atoms with Crippen LogP contribution in [0.15, 0.2) is 12.2 Å². The van der Waals surface area contributed by atoms with Gasteiger partial charge in [0.25, 0.3) is 0 Å². The number of carbonyl (C=O) groups is 2. The van der Waals surface area contributed by atoms with Gasteiger partial charge in [-0.2, -0.15) is 0 Å². The number of hydrogen-bond acceptors (Lipinski definition) is 8. The van der Waals surface area contributed by atoms with Gasteiger partial charge in [0.1, 0.15) is 6.61 Å². The fraction of sp³-hybridized carbons (Fsp3) is 0.918. The van der Waals surface area contributed by atoms with Gasteiger partial charge < -0.3 is 20.1 Å². The summed E-state index contributed by atoms with van der Waals surface area (Å²) in [6, 6.07) is 0. The molecule has 9 nitrogen and oxygen atoms in total. The molecule has 0 aromatic carbocycles. The van der Waals surface area contributed by atoms with Gasteiger partial charge in [0.05, 0.1) is 13.2 Å². The molecule has 0 aromatic rings. The van der Waals surface area contributed by atoms with Crippen molar-refractivity contribution in [3.8, 4) is 0 Å². The molecule has 0 spiro atoms. The highest BCUT2D eigenvalue weighted by atomic mass is 31.2. The molecule has 0 fully saturated rings. The Kier molecular flexibility index (Phi) is 45.3. The van der Waals surface area contributed by atoms with E-state index in [2.05, 4.69) is 19.9 Å². The van der Waals surface area contributed by atoms with Crippen molar-refractivity contribution in [2.45, 2.75) is 264 Å². The Morgan fingerprint density at radius 1 is 0.492 bits per heavy atom. The van der Waals surface area contributed by atoms with E-state index in [4.69, 9.17) is 24.3 Å². The minimum absolute atomic E-state index is 0.0519. The monoisotopic (exact) mass is 858 g/mol. The molecule has 59 heavy (non-hydrogen) atoms. The Labute approximate surface area is 364 Å². The van der Waals surface area contributed by atoms with Crippen LogP contribution in [0.2, 0.25) is 0 Å². The summed E-state index contributed by atoms with van der Waals surface area (Å²) < 4.78 is 32.8. The topological polar surface area (TPSA) is 134 Å². The summed E-state index contributed by atoms with van der Waals surface area (Å²) in [7, 11) is -4.38. The van der Waals surface area contributed by atoms with Crippen molar-refractivity contribution in [1.29, 1.82) is 0 Å². The molecule has 0 rings (SSSR count). The summed E-state index contributed by atoms with van der Waals surface area (Å²) in [5.41, 5.74) is 5.36. The molecule has 0 aromatic heterocycles. The first-order valence-corrected chi connectivity index (χ1v) is 26.7. The lowest BCUT2D eigenvalue weighted by molar-refractivity contribution is -0.161. The number of phosphoric acid groups is 1. The highest BCUT2D eigenvalue weighted by Crippen LogP contribution is 2.43. The zero-order chi connectivity index (χ0) is 43.2. The van der Waals surface area contributed by atoms with Crippen LogP contribution in [0.25, 0.3) is 0 Å². The molecule has 0 saturated carbocycles. The largest absolute Gasteiger partial charge is 0.472 e. The normalized spacial score (nSPS) is 13.2. The second-order valence-electron chi connectivity index (χ2n) is 17.0. The van der Waals surface area contributed by atoms with Crippen LogP contribution in [0.3, 0.4) is 0 Å². The van der Waals surface area contributed by atoms with Crippen molar-refractivity contribution in [1.82, 2.24) is 0 Å². The van der Waals surface area contributed by atoms with Crippen LogP contribution in [-0.4, -0.2) is 49.3 Å². The Morgan fingerprint density at radius 2 is 0.864 bits per heavy atom. The molecular weight excluding hydrogens is 762 g/mol. The molecular formula is C49H96NO8P. The number of carbonyl (C=O) groups excluding carboxylic acids is 2. The van der Waals surface area contributed by atoms with Gasteiger partial charge >= 0.3 is 19.8 Å². The second kappa shape index (κ2) is 46.3. The average Bonchev–Trinajstić information content (AvgIpc) is 3.22. The average molecular weight is 858 g/mol. The maximum atomic E-state index is 12.6. The first-order chi connectivity index (χ1) is 28.8. The van der Waals surface area contributed by atoms with Crippen LogP contribution in [0, 0.1) is 0 Å². The van der Waals surface area contributed by atoms with Crippen molar-refractivity contribution >= 4 is 19.8 Å². The minimum Gasteiger partial charge on any atom is -0.462 e. The number of unbranched alkanes of at least 4 members (excludes halogenated alkanes) is 33. The van der Waals surface area contributed by atoms with Crippen LogP contribution >= 0.6 is 7.82 Å². The molecule has 2 atom stereocenters. The van der Waals surface area contributed by atoms with Crippen LogP contribution in [0.1, 0.15) is 258 Å². The van der Waals surface area contributed by atoms with Gasteiger partial charge in [0.15, 0.2) is 6.10 Å². The van der Waals surface area contributed by atoms with Crippen molar-refractivity contribution < 1.29 is 37.6 Å². The van der Waals surface area contributed by atoms with E-state index < -0.39 is 26.5 Å². The van der Waals surface area contributed by atoms with Gasteiger partial charge in [-0.05, 0) is 25.7 Å². The standard InChI is InChI=1S/C49H96NO8P/c1-3-5-7-9-11-13-15-17-19-20-21-22-23-24-25-26-28-29-31-33-35-37-39-41-48(51)55-45-47(46-57-59(53,54)56-44-43-50)58-49(52)42-40-38-36-34-32-30-27-18-16-14-12-10-8-6-4-2/h36,38,47H,3-35,37,39-46,50H2,1-2H3,(H,53,54)/b38-36+/t47-/m0/s1. The molecule has 0 heterocycles. The van der Waals surface area contributed by atoms with Gasteiger partial charge in [0.2, 0.25) is 0 Å².